The summed E-state index contributed by atoms with van der Waals surface area (Å²) in [6, 6.07) is 1.88. The summed E-state index contributed by atoms with van der Waals surface area (Å²) in [6.45, 7) is 3.96. The minimum atomic E-state index is -1.26. The average Bonchev–Trinajstić information content (AvgIpc) is 2.46. The van der Waals surface area contributed by atoms with Gasteiger partial charge in [0, 0.05) is 37.0 Å². The molecule has 2 heterocycles. The third-order valence-corrected chi connectivity index (χ3v) is 3.39. The molecule has 9 heteroatoms. The fourth-order valence-electron chi connectivity index (χ4n) is 1.89. The summed E-state index contributed by atoms with van der Waals surface area (Å²) < 4.78 is 0. The van der Waals surface area contributed by atoms with Crippen LogP contribution in [0.4, 0.5) is 5.82 Å². The molecule has 23 heavy (non-hydrogen) atoms. The quantitative estimate of drug-likeness (QED) is 0.551. The van der Waals surface area contributed by atoms with Gasteiger partial charge in [-0.3, -0.25) is 0 Å². The van der Waals surface area contributed by atoms with Crippen LogP contribution in [0.5, 0.6) is 0 Å². The maximum atomic E-state index is 9.55. The molecule has 0 spiro atoms. The maximum absolute atomic E-state index is 9.55. The molecule has 126 valence electrons. The summed E-state index contributed by atoms with van der Waals surface area (Å²) in [4.78, 5) is 29.4. The lowest BCUT2D eigenvalue weighted by atomic mass is 9.91. The highest BCUT2D eigenvalue weighted by Gasteiger charge is 2.26. The second-order valence-electron chi connectivity index (χ2n) is 5.33. The van der Waals surface area contributed by atoms with Gasteiger partial charge in [0.15, 0.2) is 0 Å². The molecule has 2 rings (SSSR count). The van der Waals surface area contributed by atoms with E-state index >= 15 is 0 Å². The summed E-state index contributed by atoms with van der Waals surface area (Å²) in [5, 5.41) is 15.9. The van der Waals surface area contributed by atoms with E-state index in [-0.39, 0.29) is 5.54 Å². The van der Waals surface area contributed by atoms with E-state index in [4.69, 9.17) is 27.5 Å². The molecule has 1 aliphatic rings. The summed E-state index contributed by atoms with van der Waals surface area (Å²) in [5.41, 5.74) is 6.03. The van der Waals surface area contributed by atoms with E-state index in [1.807, 2.05) is 6.07 Å². The minimum absolute atomic E-state index is 0.0344. The summed E-state index contributed by atoms with van der Waals surface area (Å²) in [7, 11) is 0. The van der Waals surface area contributed by atoms with Gasteiger partial charge in [-0.05, 0) is 37.4 Å². The average molecular weight is 343 g/mol. The summed E-state index contributed by atoms with van der Waals surface area (Å²) in [5.74, 6) is -1.62. The topological polar surface area (TPSA) is 130 Å². The molecule has 0 bridgehead atoms. The van der Waals surface area contributed by atoms with Crippen molar-refractivity contribution in [2.24, 2.45) is 5.73 Å². The SMILES string of the molecule is CC1(N)CCN(c2ccnc(Cl)n2)CC1.O=C(O)C=CC(=O)O. The van der Waals surface area contributed by atoms with Gasteiger partial charge in [-0.25, -0.2) is 19.6 Å². The van der Waals surface area contributed by atoms with Crippen LogP contribution in [0.2, 0.25) is 5.28 Å². The number of aliphatic carboxylic acids is 2. The van der Waals surface area contributed by atoms with Gasteiger partial charge in [-0.15, -0.1) is 0 Å². The largest absolute Gasteiger partial charge is 0.478 e. The molecule has 0 aliphatic carbocycles. The van der Waals surface area contributed by atoms with Crippen molar-refractivity contribution in [1.29, 1.82) is 0 Å². The first kappa shape index (κ1) is 18.9. The molecule has 0 radical (unpaired) electrons. The van der Waals surface area contributed by atoms with Crippen molar-refractivity contribution in [3.05, 3.63) is 29.7 Å². The second kappa shape index (κ2) is 8.44. The molecular weight excluding hydrogens is 324 g/mol. The first-order valence-corrected chi connectivity index (χ1v) is 7.24. The Bertz CT molecular complexity index is 566. The van der Waals surface area contributed by atoms with Crippen molar-refractivity contribution in [1.82, 2.24) is 9.97 Å². The van der Waals surface area contributed by atoms with Gasteiger partial charge in [0.2, 0.25) is 5.28 Å². The van der Waals surface area contributed by atoms with Crippen molar-refractivity contribution in [2.45, 2.75) is 25.3 Å². The van der Waals surface area contributed by atoms with Crippen LogP contribution < -0.4 is 10.6 Å². The lowest BCUT2D eigenvalue weighted by molar-refractivity contribution is -0.134. The van der Waals surface area contributed by atoms with E-state index in [9.17, 15) is 9.59 Å². The van der Waals surface area contributed by atoms with Crippen molar-refractivity contribution >= 4 is 29.4 Å². The van der Waals surface area contributed by atoms with Crippen LogP contribution in [-0.4, -0.2) is 50.7 Å². The van der Waals surface area contributed by atoms with E-state index in [1.54, 1.807) is 6.20 Å². The Morgan fingerprint density at radius 3 is 2.26 bits per heavy atom. The molecule has 8 nitrogen and oxygen atoms in total. The summed E-state index contributed by atoms with van der Waals surface area (Å²) >= 11 is 5.75. The van der Waals surface area contributed by atoms with E-state index in [0.29, 0.717) is 17.4 Å². The maximum Gasteiger partial charge on any atom is 0.328 e. The standard InChI is InChI=1S/C10H15ClN4.C4H4O4/c1-10(12)3-6-15(7-4-10)8-2-5-13-9(11)14-8;5-3(6)1-2-4(7)8/h2,5H,3-4,6-7,12H2,1H3;1-2H,(H,5,6)(H,7,8). The van der Waals surface area contributed by atoms with Crippen LogP contribution >= 0.6 is 11.6 Å². The zero-order chi connectivity index (χ0) is 17.5. The molecular formula is C14H19ClN4O4. The number of anilines is 1. The number of carbonyl (C=O) groups is 2. The fraction of sp³-hybridized carbons (Fsp3) is 0.429. The number of aromatic nitrogens is 2. The van der Waals surface area contributed by atoms with Crippen LogP contribution in [0, 0.1) is 0 Å². The zero-order valence-corrected chi connectivity index (χ0v) is 13.4. The van der Waals surface area contributed by atoms with Gasteiger partial charge in [-0.1, -0.05) is 0 Å². The lowest BCUT2D eigenvalue weighted by Gasteiger charge is -2.37. The van der Waals surface area contributed by atoms with Gasteiger partial charge < -0.3 is 20.8 Å². The third kappa shape index (κ3) is 7.57. The number of rotatable bonds is 3. The first-order valence-electron chi connectivity index (χ1n) is 6.86. The normalized spacial score (nSPS) is 16.6. The highest BCUT2D eigenvalue weighted by molar-refractivity contribution is 6.28. The lowest BCUT2D eigenvalue weighted by Crippen LogP contribution is -2.48. The van der Waals surface area contributed by atoms with Crippen LogP contribution in [-0.2, 0) is 9.59 Å². The number of carboxylic acids is 2. The van der Waals surface area contributed by atoms with E-state index in [1.165, 1.54) is 0 Å². The van der Waals surface area contributed by atoms with E-state index in [0.717, 1.165) is 31.7 Å². The van der Waals surface area contributed by atoms with E-state index in [2.05, 4.69) is 21.8 Å². The Labute approximate surface area is 138 Å². The number of hydrogen-bond acceptors (Lipinski definition) is 6. The fourth-order valence-corrected chi connectivity index (χ4v) is 2.03. The molecule has 0 saturated carbocycles. The smallest absolute Gasteiger partial charge is 0.328 e. The molecule has 0 amide bonds. The molecule has 1 saturated heterocycles. The Kier molecular flexibility index (Phi) is 6.92. The van der Waals surface area contributed by atoms with Crippen LogP contribution in [0.15, 0.2) is 24.4 Å². The molecule has 1 aromatic rings. The zero-order valence-electron chi connectivity index (χ0n) is 12.6. The molecule has 1 aromatic heterocycles. The van der Waals surface area contributed by atoms with Gasteiger partial charge in [0.05, 0.1) is 0 Å². The van der Waals surface area contributed by atoms with Gasteiger partial charge >= 0.3 is 11.9 Å². The number of nitrogens with two attached hydrogens (primary N) is 1. The van der Waals surface area contributed by atoms with Crippen molar-refractivity contribution in [3.63, 3.8) is 0 Å². The molecule has 0 unspecified atom stereocenters. The molecule has 1 fully saturated rings. The predicted molar refractivity (Wildman–Crippen MR) is 85.5 cm³/mol. The molecule has 4 N–H and O–H groups in total. The highest BCUT2D eigenvalue weighted by Crippen LogP contribution is 2.23. The molecule has 0 atom stereocenters. The number of hydrogen-bond donors (Lipinski definition) is 3. The Morgan fingerprint density at radius 2 is 1.83 bits per heavy atom. The van der Waals surface area contributed by atoms with E-state index < -0.39 is 11.9 Å². The van der Waals surface area contributed by atoms with Crippen LogP contribution in [0.3, 0.4) is 0 Å². The van der Waals surface area contributed by atoms with Gasteiger partial charge in [0.1, 0.15) is 5.82 Å². The Morgan fingerprint density at radius 1 is 1.30 bits per heavy atom. The number of nitrogens with zero attached hydrogens (tertiary/aromatic N) is 3. The highest BCUT2D eigenvalue weighted by atomic mass is 35.5. The van der Waals surface area contributed by atoms with Crippen molar-refractivity contribution in [3.8, 4) is 0 Å². The number of halogens is 1. The van der Waals surface area contributed by atoms with Crippen molar-refractivity contribution < 1.29 is 19.8 Å². The molecule has 1 aliphatic heterocycles. The van der Waals surface area contributed by atoms with Gasteiger partial charge in [0.25, 0.3) is 0 Å². The molecule has 0 aromatic carbocycles. The number of piperidine rings is 1. The first-order chi connectivity index (χ1) is 10.7. The predicted octanol–water partition coefficient (Wildman–Crippen LogP) is 1.16. The number of carboxylic acid groups (broad SMARTS) is 2. The van der Waals surface area contributed by atoms with Gasteiger partial charge in [-0.2, -0.15) is 0 Å². The van der Waals surface area contributed by atoms with Crippen molar-refractivity contribution in [2.75, 3.05) is 18.0 Å². The minimum Gasteiger partial charge on any atom is -0.478 e. The summed E-state index contributed by atoms with van der Waals surface area (Å²) in [6.07, 6.45) is 4.76. The third-order valence-electron chi connectivity index (χ3n) is 3.21. The van der Waals surface area contributed by atoms with Crippen LogP contribution in [0.25, 0.3) is 0 Å². The Hall–Kier alpha value is -2.19. The van der Waals surface area contributed by atoms with Crippen LogP contribution in [0.1, 0.15) is 19.8 Å². The monoisotopic (exact) mass is 342 g/mol. The Balaban J connectivity index is 0.000000284. The second-order valence-corrected chi connectivity index (χ2v) is 5.67.